The van der Waals surface area contributed by atoms with E-state index in [1.54, 1.807) is 30.3 Å². The largest absolute Gasteiger partial charge is 0.495 e. The van der Waals surface area contributed by atoms with E-state index in [2.05, 4.69) is 5.32 Å². The number of amides is 1. The summed E-state index contributed by atoms with van der Waals surface area (Å²) in [6, 6.07) is 10.4. The van der Waals surface area contributed by atoms with Crippen molar-refractivity contribution in [3.8, 4) is 5.75 Å². The van der Waals surface area contributed by atoms with Crippen LogP contribution in [0.2, 0.25) is 5.02 Å². The van der Waals surface area contributed by atoms with Crippen LogP contribution in [0.25, 0.3) is 0 Å². The van der Waals surface area contributed by atoms with Crippen molar-refractivity contribution < 1.29 is 9.53 Å². The summed E-state index contributed by atoms with van der Waals surface area (Å²) >= 11 is 5.94. The monoisotopic (exact) mass is 290 g/mol. The van der Waals surface area contributed by atoms with Crippen LogP contribution >= 0.6 is 11.6 Å². The van der Waals surface area contributed by atoms with Gasteiger partial charge in [0.15, 0.2) is 0 Å². The van der Waals surface area contributed by atoms with E-state index in [1.165, 1.54) is 7.11 Å². The lowest BCUT2D eigenvalue weighted by molar-refractivity contribution is 0.102. The quantitative estimate of drug-likeness (QED) is 0.851. The number of hydrogen-bond acceptors (Lipinski definition) is 3. The second-order valence-corrected chi connectivity index (χ2v) is 4.75. The van der Waals surface area contributed by atoms with Crippen LogP contribution in [0.5, 0.6) is 5.75 Å². The van der Waals surface area contributed by atoms with Crippen molar-refractivity contribution in [3.63, 3.8) is 0 Å². The standard InChI is InChI=1S/C15H15ClN2O2/c1-9-4-3-5-11(14(9)17)15(19)18-10-6-7-12(16)13(8-10)20-2/h3-8H,17H2,1-2H3,(H,18,19). The summed E-state index contributed by atoms with van der Waals surface area (Å²) in [5.41, 5.74) is 8.29. The summed E-state index contributed by atoms with van der Waals surface area (Å²) in [6.07, 6.45) is 0. The first-order chi connectivity index (χ1) is 9.52. The number of nitrogen functional groups attached to an aromatic ring is 1. The summed E-state index contributed by atoms with van der Waals surface area (Å²) in [4.78, 5) is 12.2. The zero-order chi connectivity index (χ0) is 14.7. The van der Waals surface area contributed by atoms with E-state index in [0.29, 0.717) is 27.7 Å². The lowest BCUT2D eigenvalue weighted by Crippen LogP contribution is -2.14. The Morgan fingerprint density at radius 1 is 1.30 bits per heavy atom. The number of hydrogen-bond donors (Lipinski definition) is 2. The molecule has 104 valence electrons. The van der Waals surface area contributed by atoms with Gasteiger partial charge in [-0.25, -0.2) is 0 Å². The van der Waals surface area contributed by atoms with Gasteiger partial charge in [-0.15, -0.1) is 0 Å². The molecule has 0 spiro atoms. The van der Waals surface area contributed by atoms with Crippen LogP contribution in [0.4, 0.5) is 11.4 Å². The van der Waals surface area contributed by atoms with Crippen LogP contribution in [0.1, 0.15) is 15.9 Å². The summed E-state index contributed by atoms with van der Waals surface area (Å²) in [5.74, 6) is 0.234. The van der Waals surface area contributed by atoms with E-state index < -0.39 is 0 Å². The fourth-order valence-corrected chi connectivity index (χ4v) is 2.01. The molecule has 0 heterocycles. The van der Waals surface area contributed by atoms with Gasteiger partial charge in [0.2, 0.25) is 0 Å². The Labute approximate surface area is 122 Å². The molecule has 0 atom stereocenters. The Kier molecular flexibility index (Phi) is 4.15. The highest BCUT2D eigenvalue weighted by Crippen LogP contribution is 2.28. The van der Waals surface area contributed by atoms with Gasteiger partial charge in [0.1, 0.15) is 5.75 Å². The second kappa shape index (κ2) is 5.84. The fraction of sp³-hybridized carbons (Fsp3) is 0.133. The molecule has 2 aromatic carbocycles. The van der Waals surface area contributed by atoms with Gasteiger partial charge in [-0.05, 0) is 30.7 Å². The lowest BCUT2D eigenvalue weighted by atomic mass is 10.1. The van der Waals surface area contributed by atoms with Gasteiger partial charge in [0.05, 0.1) is 17.7 Å². The Morgan fingerprint density at radius 2 is 2.05 bits per heavy atom. The van der Waals surface area contributed by atoms with Gasteiger partial charge in [-0.2, -0.15) is 0 Å². The van der Waals surface area contributed by atoms with Gasteiger partial charge < -0.3 is 15.8 Å². The first-order valence-corrected chi connectivity index (χ1v) is 6.40. The molecule has 0 aromatic heterocycles. The van der Waals surface area contributed by atoms with Gasteiger partial charge in [-0.3, -0.25) is 4.79 Å². The maximum atomic E-state index is 12.2. The average Bonchev–Trinajstić information content (AvgIpc) is 2.43. The van der Waals surface area contributed by atoms with E-state index in [0.717, 1.165) is 5.56 Å². The summed E-state index contributed by atoms with van der Waals surface area (Å²) in [7, 11) is 1.52. The van der Waals surface area contributed by atoms with Crippen molar-refractivity contribution in [2.24, 2.45) is 0 Å². The number of anilines is 2. The van der Waals surface area contributed by atoms with E-state index in [1.807, 2.05) is 13.0 Å². The minimum Gasteiger partial charge on any atom is -0.495 e. The number of nitrogens with two attached hydrogens (primary N) is 1. The molecule has 0 bridgehead atoms. The fourth-order valence-electron chi connectivity index (χ4n) is 1.81. The molecule has 0 unspecified atom stereocenters. The Hall–Kier alpha value is -2.20. The van der Waals surface area contributed by atoms with Gasteiger partial charge in [-0.1, -0.05) is 23.7 Å². The molecule has 20 heavy (non-hydrogen) atoms. The highest BCUT2D eigenvalue weighted by molar-refractivity contribution is 6.32. The molecular formula is C15H15ClN2O2. The number of carbonyl (C=O) groups is 1. The number of benzene rings is 2. The number of halogens is 1. The Morgan fingerprint density at radius 3 is 2.75 bits per heavy atom. The van der Waals surface area contributed by atoms with E-state index in [-0.39, 0.29) is 5.91 Å². The first kappa shape index (κ1) is 14.2. The van der Waals surface area contributed by atoms with Crippen molar-refractivity contribution in [1.29, 1.82) is 0 Å². The third-order valence-corrected chi connectivity index (χ3v) is 3.29. The maximum absolute atomic E-state index is 12.2. The highest BCUT2D eigenvalue weighted by atomic mass is 35.5. The van der Waals surface area contributed by atoms with Crippen molar-refractivity contribution in [3.05, 3.63) is 52.5 Å². The van der Waals surface area contributed by atoms with Gasteiger partial charge >= 0.3 is 0 Å². The van der Waals surface area contributed by atoms with E-state index >= 15 is 0 Å². The number of methoxy groups -OCH3 is 1. The predicted octanol–water partition coefficient (Wildman–Crippen LogP) is 3.49. The van der Waals surface area contributed by atoms with Crippen molar-refractivity contribution in [2.45, 2.75) is 6.92 Å². The van der Waals surface area contributed by atoms with Crippen LogP contribution < -0.4 is 15.8 Å². The molecule has 5 heteroatoms. The van der Waals surface area contributed by atoms with Crippen molar-refractivity contribution in [1.82, 2.24) is 0 Å². The summed E-state index contributed by atoms with van der Waals surface area (Å²) < 4.78 is 5.11. The summed E-state index contributed by atoms with van der Waals surface area (Å²) in [6.45, 7) is 1.86. The van der Waals surface area contributed by atoms with Crippen LogP contribution in [0, 0.1) is 6.92 Å². The Balaban J connectivity index is 2.26. The third-order valence-electron chi connectivity index (χ3n) is 2.98. The van der Waals surface area contributed by atoms with Gasteiger partial charge in [0.25, 0.3) is 5.91 Å². The SMILES string of the molecule is COc1cc(NC(=O)c2cccc(C)c2N)ccc1Cl. The van der Waals surface area contributed by atoms with E-state index in [9.17, 15) is 4.79 Å². The molecular weight excluding hydrogens is 276 g/mol. The summed E-state index contributed by atoms with van der Waals surface area (Å²) in [5, 5.41) is 3.26. The molecule has 0 saturated carbocycles. The number of aryl methyl sites for hydroxylation is 1. The number of ether oxygens (including phenoxy) is 1. The molecule has 2 rings (SSSR count). The molecule has 2 aromatic rings. The third kappa shape index (κ3) is 2.86. The minimum atomic E-state index is -0.268. The number of rotatable bonds is 3. The molecule has 0 aliphatic rings. The molecule has 1 amide bonds. The van der Waals surface area contributed by atoms with E-state index in [4.69, 9.17) is 22.1 Å². The number of carbonyl (C=O) groups excluding carboxylic acids is 1. The molecule has 0 aliphatic heterocycles. The van der Waals surface area contributed by atoms with Crippen LogP contribution in [-0.4, -0.2) is 13.0 Å². The van der Waals surface area contributed by atoms with Crippen LogP contribution in [-0.2, 0) is 0 Å². The smallest absolute Gasteiger partial charge is 0.257 e. The zero-order valence-electron chi connectivity index (χ0n) is 11.2. The molecule has 3 N–H and O–H groups in total. The molecule has 0 aliphatic carbocycles. The molecule has 0 saturated heterocycles. The minimum absolute atomic E-state index is 0.268. The molecule has 0 radical (unpaired) electrons. The normalized spacial score (nSPS) is 10.2. The maximum Gasteiger partial charge on any atom is 0.257 e. The zero-order valence-corrected chi connectivity index (χ0v) is 12.0. The number of nitrogens with one attached hydrogen (secondary N) is 1. The average molecular weight is 291 g/mol. The second-order valence-electron chi connectivity index (χ2n) is 4.34. The molecule has 0 fully saturated rings. The van der Waals surface area contributed by atoms with Gasteiger partial charge in [0, 0.05) is 17.4 Å². The van der Waals surface area contributed by atoms with Crippen molar-refractivity contribution >= 4 is 28.9 Å². The van der Waals surface area contributed by atoms with Crippen molar-refractivity contribution in [2.75, 3.05) is 18.2 Å². The molecule has 4 nitrogen and oxygen atoms in total. The van der Waals surface area contributed by atoms with Crippen LogP contribution in [0.15, 0.2) is 36.4 Å². The first-order valence-electron chi connectivity index (χ1n) is 6.03. The highest BCUT2D eigenvalue weighted by Gasteiger charge is 2.12. The predicted molar refractivity (Wildman–Crippen MR) is 81.5 cm³/mol. The number of para-hydroxylation sites is 1. The van der Waals surface area contributed by atoms with Crippen LogP contribution in [0.3, 0.4) is 0 Å². The topological polar surface area (TPSA) is 64.3 Å². The lowest BCUT2D eigenvalue weighted by Gasteiger charge is -2.10. The Bertz CT molecular complexity index is 656.